The van der Waals surface area contributed by atoms with Crippen LogP contribution < -0.4 is 0 Å². The Balaban J connectivity index is 4.21. The molecule has 0 aromatic rings. The number of ether oxygens (including phenoxy) is 1. The second kappa shape index (κ2) is 10.2. The topological polar surface area (TPSA) is 26.3 Å². The summed E-state index contributed by atoms with van der Waals surface area (Å²) in [4.78, 5) is 11.5. The molecular formula is C15H26O2. The van der Waals surface area contributed by atoms with Crippen LogP contribution in [0.1, 0.15) is 52.9 Å². The molecule has 0 spiro atoms. The molecule has 0 aromatic carbocycles. The first-order chi connectivity index (χ1) is 8.11. The van der Waals surface area contributed by atoms with Gasteiger partial charge in [0.2, 0.25) is 0 Å². The van der Waals surface area contributed by atoms with Crippen molar-refractivity contribution < 1.29 is 9.53 Å². The molecule has 0 radical (unpaired) electrons. The van der Waals surface area contributed by atoms with Crippen LogP contribution in [-0.2, 0) is 9.53 Å². The van der Waals surface area contributed by atoms with Crippen LogP contribution in [0.5, 0.6) is 0 Å². The van der Waals surface area contributed by atoms with E-state index in [0.717, 1.165) is 12.8 Å². The van der Waals surface area contributed by atoms with E-state index in [9.17, 15) is 4.79 Å². The van der Waals surface area contributed by atoms with Gasteiger partial charge in [0.05, 0.1) is 13.0 Å². The number of carbonyl (C=O) groups is 1. The number of unbranched alkanes of at least 4 members (excludes halogenated alkanes) is 3. The number of hydrogen-bond acceptors (Lipinski definition) is 2. The molecule has 2 nitrogen and oxygen atoms in total. The maximum absolute atomic E-state index is 11.5. The zero-order chi connectivity index (χ0) is 13.1. The van der Waals surface area contributed by atoms with E-state index < -0.39 is 0 Å². The fraction of sp³-hybridized carbons (Fsp3) is 0.733. The van der Waals surface area contributed by atoms with Crippen molar-refractivity contribution in [2.75, 3.05) is 7.11 Å². The maximum Gasteiger partial charge on any atom is 0.313 e. The average Bonchev–Trinajstić information content (AvgIpc) is 2.30. The highest BCUT2D eigenvalue weighted by Gasteiger charge is 2.16. The Hall–Kier alpha value is -1.01. The Morgan fingerprint density at radius 2 is 2.06 bits per heavy atom. The van der Waals surface area contributed by atoms with Gasteiger partial charge in [-0.3, -0.25) is 4.79 Å². The third kappa shape index (κ3) is 8.76. The molecule has 0 saturated heterocycles. The Morgan fingerprint density at radius 1 is 1.35 bits per heavy atom. The van der Waals surface area contributed by atoms with Crippen LogP contribution in [0.25, 0.3) is 0 Å². The lowest BCUT2D eigenvalue weighted by Crippen LogP contribution is -2.15. The van der Waals surface area contributed by atoms with Gasteiger partial charge in [-0.2, -0.15) is 0 Å². The molecule has 0 aliphatic heterocycles. The minimum absolute atomic E-state index is 0.151. The Labute approximate surface area is 106 Å². The normalized spacial score (nSPS) is 11.8. The number of rotatable bonds is 8. The van der Waals surface area contributed by atoms with Crippen LogP contribution in [0, 0.1) is 11.8 Å². The van der Waals surface area contributed by atoms with Gasteiger partial charge in [-0.05, 0) is 37.3 Å². The summed E-state index contributed by atoms with van der Waals surface area (Å²) in [5, 5.41) is 0. The third-order valence-electron chi connectivity index (χ3n) is 2.60. The van der Waals surface area contributed by atoms with Gasteiger partial charge in [-0.25, -0.2) is 0 Å². The quantitative estimate of drug-likeness (QED) is 0.361. The van der Waals surface area contributed by atoms with Crippen molar-refractivity contribution in [3.05, 3.63) is 17.9 Å². The Morgan fingerprint density at radius 3 is 2.59 bits per heavy atom. The molecule has 0 heterocycles. The summed E-state index contributed by atoms with van der Waals surface area (Å²) >= 11 is 0. The molecule has 0 rings (SSSR count). The zero-order valence-corrected chi connectivity index (χ0v) is 11.7. The average molecular weight is 238 g/mol. The molecule has 1 unspecified atom stereocenters. The molecule has 0 aliphatic rings. The molecule has 98 valence electrons. The molecule has 0 fully saturated rings. The lowest BCUT2D eigenvalue weighted by atomic mass is 9.97. The van der Waals surface area contributed by atoms with Crippen LogP contribution in [0.3, 0.4) is 0 Å². The first-order valence-electron chi connectivity index (χ1n) is 6.60. The van der Waals surface area contributed by atoms with Crippen LogP contribution in [-0.4, -0.2) is 13.1 Å². The van der Waals surface area contributed by atoms with Gasteiger partial charge in [0, 0.05) is 0 Å². The predicted molar refractivity (Wildman–Crippen MR) is 71.8 cm³/mol. The fourth-order valence-electron chi connectivity index (χ4n) is 1.66. The second-order valence-corrected chi connectivity index (χ2v) is 4.79. The molecule has 2 heteroatoms. The molecule has 1 atom stereocenters. The Kier molecular flexibility index (Phi) is 9.56. The van der Waals surface area contributed by atoms with Crippen LogP contribution in [0.15, 0.2) is 17.9 Å². The lowest BCUT2D eigenvalue weighted by molar-refractivity contribution is -0.144. The molecule has 0 aliphatic carbocycles. The highest BCUT2D eigenvalue weighted by Crippen LogP contribution is 2.14. The summed E-state index contributed by atoms with van der Waals surface area (Å²) in [6, 6.07) is 0. The Bertz CT molecular complexity index is 260. The van der Waals surface area contributed by atoms with E-state index in [-0.39, 0.29) is 11.9 Å². The summed E-state index contributed by atoms with van der Waals surface area (Å²) in [5.41, 5.74) is 3.11. The van der Waals surface area contributed by atoms with Gasteiger partial charge in [-0.1, -0.05) is 33.6 Å². The molecule has 0 amide bonds. The van der Waals surface area contributed by atoms with Crippen LogP contribution in [0.2, 0.25) is 0 Å². The predicted octanol–water partition coefficient (Wildman–Crippen LogP) is 4.11. The van der Waals surface area contributed by atoms with E-state index in [4.69, 9.17) is 4.74 Å². The van der Waals surface area contributed by atoms with E-state index >= 15 is 0 Å². The lowest BCUT2D eigenvalue weighted by Gasteiger charge is -2.11. The van der Waals surface area contributed by atoms with Crippen molar-refractivity contribution in [2.24, 2.45) is 11.8 Å². The monoisotopic (exact) mass is 238 g/mol. The largest absolute Gasteiger partial charge is 0.469 e. The van der Waals surface area contributed by atoms with Crippen LogP contribution in [0.4, 0.5) is 0 Å². The highest BCUT2D eigenvalue weighted by molar-refractivity contribution is 5.74. The summed E-state index contributed by atoms with van der Waals surface area (Å²) in [5.74, 6) is 0.174. The number of hydrogen-bond donors (Lipinski definition) is 0. The van der Waals surface area contributed by atoms with Gasteiger partial charge in [0.15, 0.2) is 0 Å². The van der Waals surface area contributed by atoms with E-state index in [1.54, 1.807) is 0 Å². The molecule has 0 bridgehead atoms. The van der Waals surface area contributed by atoms with E-state index in [0.29, 0.717) is 5.92 Å². The van der Waals surface area contributed by atoms with Crippen molar-refractivity contribution in [2.45, 2.75) is 52.9 Å². The SMILES string of the molecule is CCCCCC=C=CC(CC(C)C)C(=O)OC. The van der Waals surface area contributed by atoms with Crippen molar-refractivity contribution in [1.29, 1.82) is 0 Å². The van der Waals surface area contributed by atoms with Gasteiger partial charge in [0.25, 0.3) is 0 Å². The zero-order valence-electron chi connectivity index (χ0n) is 11.7. The summed E-state index contributed by atoms with van der Waals surface area (Å²) < 4.78 is 4.78. The fourth-order valence-corrected chi connectivity index (χ4v) is 1.66. The van der Waals surface area contributed by atoms with Crippen LogP contribution >= 0.6 is 0 Å². The third-order valence-corrected chi connectivity index (χ3v) is 2.60. The van der Waals surface area contributed by atoms with Crippen molar-refractivity contribution in [3.8, 4) is 0 Å². The summed E-state index contributed by atoms with van der Waals surface area (Å²) in [6.45, 7) is 6.40. The molecule has 0 saturated carbocycles. The van der Waals surface area contributed by atoms with Crippen molar-refractivity contribution in [3.63, 3.8) is 0 Å². The summed E-state index contributed by atoms with van der Waals surface area (Å²) in [6.07, 6.45) is 9.41. The van der Waals surface area contributed by atoms with E-state index in [1.807, 2.05) is 12.2 Å². The molecule has 0 aromatic heterocycles. The van der Waals surface area contributed by atoms with Gasteiger partial charge < -0.3 is 4.74 Å². The highest BCUT2D eigenvalue weighted by atomic mass is 16.5. The first kappa shape index (κ1) is 16.0. The summed E-state index contributed by atoms with van der Waals surface area (Å²) in [7, 11) is 1.44. The van der Waals surface area contributed by atoms with Gasteiger partial charge in [-0.15, -0.1) is 5.73 Å². The van der Waals surface area contributed by atoms with Gasteiger partial charge >= 0.3 is 5.97 Å². The number of carbonyl (C=O) groups excluding carboxylic acids is 1. The molecule has 0 N–H and O–H groups in total. The maximum atomic E-state index is 11.5. The first-order valence-corrected chi connectivity index (χ1v) is 6.60. The number of methoxy groups -OCH3 is 1. The van der Waals surface area contributed by atoms with Crippen molar-refractivity contribution in [1.82, 2.24) is 0 Å². The molecular weight excluding hydrogens is 212 g/mol. The standard InChI is InChI=1S/C15H26O2/c1-5-6-7-8-9-10-11-14(12-13(2)3)15(16)17-4/h9,11,13-14H,5-8,12H2,1-4H3. The number of esters is 1. The molecule has 17 heavy (non-hydrogen) atoms. The smallest absolute Gasteiger partial charge is 0.313 e. The van der Waals surface area contributed by atoms with Crippen molar-refractivity contribution >= 4 is 5.97 Å². The van der Waals surface area contributed by atoms with Gasteiger partial charge in [0.1, 0.15) is 0 Å². The minimum Gasteiger partial charge on any atom is -0.469 e. The van der Waals surface area contributed by atoms with E-state index in [1.165, 1.54) is 26.4 Å². The second-order valence-electron chi connectivity index (χ2n) is 4.79. The van der Waals surface area contributed by atoms with E-state index in [2.05, 4.69) is 26.5 Å². The minimum atomic E-state index is -0.159.